The quantitative estimate of drug-likeness (QED) is 0.794. The molecule has 1 aliphatic heterocycles. The van der Waals surface area contributed by atoms with Crippen LogP contribution in [0.3, 0.4) is 0 Å². The van der Waals surface area contributed by atoms with Crippen LogP contribution in [0.15, 0.2) is 0 Å². The Bertz CT molecular complexity index is 224. The molecule has 1 saturated carbocycles. The maximum absolute atomic E-state index is 6.07. The summed E-state index contributed by atoms with van der Waals surface area (Å²) >= 11 is 0. The van der Waals surface area contributed by atoms with Crippen LogP contribution in [0.25, 0.3) is 0 Å². The molecule has 0 amide bonds. The molecular weight excluding hydrogens is 202 g/mol. The number of hydrogen-bond acceptors (Lipinski definition) is 3. The SMILES string of the molecule is CNC1CC(OCC2CCOCC2)C1(C)C. The van der Waals surface area contributed by atoms with Gasteiger partial charge in [-0.15, -0.1) is 0 Å². The molecule has 1 heterocycles. The molecule has 2 atom stereocenters. The fraction of sp³-hybridized carbons (Fsp3) is 1.00. The maximum atomic E-state index is 6.07. The van der Waals surface area contributed by atoms with Gasteiger partial charge < -0.3 is 14.8 Å². The van der Waals surface area contributed by atoms with E-state index in [1.54, 1.807) is 0 Å². The number of nitrogens with one attached hydrogen (secondary N) is 1. The lowest BCUT2D eigenvalue weighted by Crippen LogP contribution is -2.60. The summed E-state index contributed by atoms with van der Waals surface area (Å²) in [5.41, 5.74) is 0.292. The molecule has 2 unspecified atom stereocenters. The highest BCUT2D eigenvalue weighted by atomic mass is 16.5. The smallest absolute Gasteiger partial charge is 0.0656 e. The fourth-order valence-electron chi connectivity index (χ4n) is 2.82. The van der Waals surface area contributed by atoms with E-state index in [-0.39, 0.29) is 0 Å². The largest absolute Gasteiger partial charge is 0.381 e. The van der Waals surface area contributed by atoms with Gasteiger partial charge in [0.05, 0.1) is 6.10 Å². The van der Waals surface area contributed by atoms with Crippen LogP contribution in [0.4, 0.5) is 0 Å². The van der Waals surface area contributed by atoms with Crippen molar-refractivity contribution in [2.24, 2.45) is 11.3 Å². The van der Waals surface area contributed by atoms with Crippen LogP contribution in [-0.4, -0.2) is 39.0 Å². The summed E-state index contributed by atoms with van der Waals surface area (Å²) in [6.07, 6.45) is 3.94. The van der Waals surface area contributed by atoms with Gasteiger partial charge in [-0.3, -0.25) is 0 Å². The van der Waals surface area contributed by atoms with Crippen molar-refractivity contribution in [3.8, 4) is 0 Å². The van der Waals surface area contributed by atoms with Crippen LogP contribution in [0, 0.1) is 11.3 Å². The lowest BCUT2D eigenvalue weighted by molar-refractivity contribution is -0.130. The lowest BCUT2D eigenvalue weighted by Gasteiger charge is -2.51. The Balaban J connectivity index is 1.71. The number of ether oxygens (including phenoxy) is 2. The van der Waals surface area contributed by atoms with Gasteiger partial charge in [0, 0.05) is 31.3 Å². The second kappa shape index (κ2) is 5.03. The van der Waals surface area contributed by atoms with Crippen molar-refractivity contribution in [3.63, 3.8) is 0 Å². The monoisotopic (exact) mass is 227 g/mol. The first kappa shape index (κ1) is 12.3. The van der Waals surface area contributed by atoms with Crippen LogP contribution in [0.5, 0.6) is 0 Å². The summed E-state index contributed by atoms with van der Waals surface area (Å²) in [6, 6.07) is 0.618. The summed E-state index contributed by atoms with van der Waals surface area (Å²) in [7, 11) is 2.04. The van der Waals surface area contributed by atoms with Gasteiger partial charge in [0.25, 0.3) is 0 Å². The Morgan fingerprint density at radius 2 is 2.00 bits per heavy atom. The number of hydrogen-bond donors (Lipinski definition) is 1. The lowest BCUT2D eigenvalue weighted by atomic mass is 9.64. The van der Waals surface area contributed by atoms with E-state index in [0.29, 0.717) is 17.6 Å². The molecule has 1 N–H and O–H groups in total. The summed E-state index contributed by atoms with van der Waals surface area (Å²) in [4.78, 5) is 0. The van der Waals surface area contributed by atoms with Gasteiger partial charge in [0.15, 0.2) is 0 Å². The molecule has 16 heavy (non-hydrogen) atoms. The molecule has 0 aromatic carbocycles. The summed E-state index contributed by atoms with van der Waals surface area (Å²) in [5, 5.41) is 3.36. The van der Waals surface area contributed by atoms with Crippen LogP contribution in [0.1, 0.15) is 33.1 Å². The Hall–Kier alpha value is -0.120. The Morgan fingerprint density at radius 1 is 1.31 bits per heavy atom. The van der Waals surface area contributed by atoms with Crippen LogP contribution >= 0.6 is 0 Å². The molecule has 2 rings (SSSR count). The van der Waals surface area contributed by atoms with Crippen molar-refractivity contribution in [1.29, 1.82) is 0 Å². The molecule has 1 aliphatic carbocycles. The molecule has 94 valence electrons. The van der Waals surface area contributed by atoms with Gasteiger partial charge in [-0.05, 0) is 32.2 Å². The molecule has 3 heteroatoms. The first-order valence-corrected chi connectivity index (χ1v) is 6.51. The minimum absolute atomic E-state index is 0.292. The van der Waals surface area contributed by atoms with E-state index in [1.807, 2.05) is 7.05 Å². The summed E-state index contributed by atoms with van der Waals surface area (Å²) in [5.74, 6) is 0.721. The van der Waals surface area contributed by atoms with Crippen molar-refractivity contribution in [2.45, 2.75) is 45.3 Å². The van der Waals surface area contributed by atoms with E-state index in [2.05, 4.69) is 19.2 Å². The molecule has 0 spiro atoms. The minimum Gasteiger partial charge on any atom is -0.381 e. The Morgan fingerprint density at radius 3 is 2.56 bits per heavy atom. The third kappa shape index (κ3) is 2.41. The van der Waals surface area contributed by atoms with Gasteiger partial charge in [-0.2, -0.15) is 0 Å². The van der Waals surface area contributed by atoms with Gasteiger partial charge in [0.1, 0.15) is 0 Å². The second-order valence-electron chi connectivity index (χ2n) is 5.78. The zero-order chi connectivity index (χ0) is 11.6. The molecule has 2 fully saturated rings. The van der Waals surface area contributed by atoms with Gasteiger partial charge in [0.2, 0.25) is 0 Å². The molecule has 0 radical (unpaired) electrons. The minimum atomic E-state index is 0.292. The highest BCUT2D eigenvalue weighted by molar-refractivity contribution is 5.02. The van der Waals surface area contributed by atoms with Crippen LogP contribution < -0.4 is 5.32 Å². The van der Waals surface area contributed by atoms with Crippen LogP contribution in [0.2, 0.25) is 0 Å². The Kier molecular flexibility index (Phi) is 3.88. The van der Waals surface area contributed by atoms with E-state index in [1.165, 1.54) is 12.8 Å². The maximum Gasteiger partial charge on any atom is 0.0656 e. The van der Waals surface area contributed by atoms with E-state index in [0.717, 1.165) is 32.2 Å². The molecule has 3 nitrogen and oxygen atoms in total. The average molecular weight is 227 g/mol. The zero-order valence-electron chi connectivity index (χ0n) is 10.8. The molecule has 2 aliphatic rings. The predicted molar refractivity (Wildman–Crippen MR) is 64.5 cm³/mol. The molecular formula is C13H25NO2. The fourth-order valence-corrected chi connectivity index (χ4v) is 2.82. The van der Waals surface area contributed by atoms with E-state index in [9.17, 15) is 0 Å². The zero-order valence-corrected chi connectivity index (χ0v) is 10.8. The third-order valence-electron chi connectivity index (χ3n) is 4.40. The van der Waals surface area contributed by atoms with E-state index < -0.39 is 0 Å². The van der Waals surface area contributed by atoms with Crippen LogP contribution in [-0.2, 0) is 9.47 Å². The normalized spacial score (nSPS) is 34.7. The van der Waals surface area contributed by atoms with Gasteiger partial charge >= 0.3 is 0 Å². The Labute approximate surface area is 98.9 Å². The van der Waals surface area contributed by atoms with Crippen molar-refractivity contribution < 1.29 is 9.47 Å². The topological polar surface area (TPSA) is 30.5 Å². The van der Waals surface area contributed by atoms with E-state index in [4.69, 9.17) is 9.47 Å². The highest BCUT2D eigenvalue weighted by Gasteiger charge is 2.48. The molecule has 0 aromatic heterocycles. The van der Waals surface area contributed by atoms with Crippen molar-refractivity contribution >= 4 is 0 Å². The van der Waals surface area contributed by atoms with Crippen molar-refractivity contribution in [1.82, 2.24) is 5.32 Å². The third-order valence-corrected chi connectivity index (χ3v) is 4.40. The molecule has 0 aromatic rings. The van der Waals surface area contributed by atoms with Crippen molar-refractivity contribution in [2.75, 3.05) is 26.9 Å². The van der Waals surface area contributed by atoms with Gasteiger partial charge in [-0.1, -0.05) is 13.8 Å². The first-order chi connectivity index (χ1) is 7.64. The molecule has 0 bridgehead atoms. The van der Waals surface area contributed by atoms with Gasteiger partial charge in [-0.25, -0.2) is 0 Å². The first-order valence-electron chi connectivity index (χ1n) is 6.51. The average Bonchev–Trinajstić information content (AvgIpc) is 2.29. The standard InChI is InChI=1S/C13H25NO2/c1-13(2)11(14-3)8-12(13)16-9-10-4-6-15-7-5-10/h10-12,14H,4-9H2,1-3H3. The number of rotatable bonds is 4. The molecule has 1 saturated heterocycles. The second-order valence-corrected chi connectivity index (χ2v) is 5.78. The summed E-state index contributed by atoms with van der Waals surface area (Å²) in [6.45, 7) is 7.36. The summed E-state index contributed by atoms with van der Waals surface area (Å²) < 4.78 is 11.4. The predicted octanol–water partition coefficient (Wildman–Crippen LogP) is 1.82. The highest BCUT2D eigenvalue weighted by Crippen LogP contribution is 2.42. The van der Waals surface area contributed by atoms with Crippen molar-refractivity contribution in [3.05, 3.63) is 0 Å². The van der Waals surface area contributed by atoms with E-state index >= 15 is 0 Å².